The fourth-order valence-electron chi connectivity index (χ4n) is 15.3. The Kier molecular flexibility index (Phi) is 12.9. The lowest BCUT2D eigenvalue weighted by molar-refractivity contribution is 0.331. The lowest BCUT2D eigenvalue weighted by Crippen LogP contribution is -2.34. The molecular weight excluding hydrogens is 989 g/mol. The molecule has 0 fully saturated rings. The van der Waals surface area contributed by atoms with Gasteiger partial charge in [0.2, 0.25) is 0 Å². The molecule has 0 bridgehead atoms. The second-order valence-electron chi connectivity index (χ2n) is 31.1. The average Bonchev–Trinajstić information content (AvgIpc) is 2.16. The highest BCUT2D eigenvalue weighted by molar-refractivity contribution is 5.97. The number of benzene rings is 8. The molecule has 12 rings (SSSR count). The summed E-state index contributed by atoms with van der Waals surface area (Å²) >= 11 is 0. The third-order valence-electron chi connectivity index (χ3n) is 21.1. The monoisotopic (exact) mass is 1080 g/mol. The zero-order chi connectivity index (χ0) is 58.5. The first-order chi connectivity index (χ1) is 38.4. The van der Waals surface area contributed by atoms with Crippen LogP contribution in [0.15, 0.2) is 158 Å². The van der Waals surface area contributed by atoms with Crippen molar-refractivity contribution in [2.45, 2.75) is 206 Å². The highest BCUT2D eigenvalue weighted by Gasteiger charge is 2.45. The first-order valence-electron chi connectivity index (χ1n) is 31.0. The molecular formula is C80H92N2. The Morgan fingerprint density at radius 3 is 1.33 bits per heavy atom. The van der Waals surface area contributed by atoms with Gasteiger partial charge >= 0.3 is 0 Å². The molecule has 2 heteroatoms. The van der Waals surface area contributed by atoms with Crippen molar-refractivity contribution in [2.75, 3.05) is 9.80 Å². The van der Waals surface area contributed by atoms with Crippen molar-refractivity contribution in [2.24, 2.45) is 0 Å². The zero-order valence-corrected chi connectivity index (χ0v) is 53.1. The van der Waals surface area contributed by atoms with Crippen molar-refractivity contribution in [1.29, 1.82) is 0 Å². The summed E-state index contributed by atoms with van der Waals surface area (Å²) in [4.78, 5) is 5.30. The largest absolute Gasteiger partial charge is 0.310 e. The van der Waals surface area contributed by atoms with Gasteiger partial charge in [-0.25, -0.2) is 0 Å². The Morgan fingerprint density at radius 2 is 0.793 bits per heavy atom. The Balaban J connectivity index is 1.20. The van der Waals surface area contributed by atoms with Crippen LogP contribution in [0.4, 0.5) is 34.1 Å². The number of fused-ring (bicyclic) bond motifs is 6. The average molecular weight is 1080 g/mol. The Labute approximate surface area is 494 Å². The highest BCUT2D eigenvalue weighted by Crippen LogP contribution is 2.60. The molecule has 0 spiro atoms. The number of aryl methyl sites for hydroxylation is 1. The molecule has 0 radical (unpaired) electrons. The van der Waals surface area contributed by atoms with Gasteiger partial charge in [-0.15, -0.1) is 0 Å². The van der Waals surface area contributed by atoms with E-state index in [1.807, 2.05) is 0 Å². The number of rotatable bonds is 8. The van der Waals surface area contributed by atoms with E-state index in [4.69, 9.17) is 0 Å². The van der Waals surface area contributed by atoms with E-state index in [1.165, 1.54) is 132 Å². The van der Waals surface area contributed by atoms with E-state index in [2.05, 4.69) is 292 Å². The van der Waals surface area contributed by atoms with E-state index < -0.39 is 0 Å². The topological polar surface area (TPSA) is 6.48 Å². The third kappa shape index (κ3) is 9.20. The summed E-state index contributed by atoms with van der Waals surface area (Å²) in [6.45, 7) is 43.9. The van der Waals surface area contributed by atoms with Gasteiger partial charge in [-0.2, -0.15) is 0 Å². The highest BCUT2D eigenvalue weighted by atomic mass is 15.2. The van der Waals surface area contributed by atoms with Crippen molar-refractivity contribution in [1.82, 2.24) is 0 Å². The number of nitrogens with zero attached hydrogens (tertiary/aromatic N) is 2. The van der Waals surface area contributed by atoms with Gasteiger partial charge in [0, 0.05) is 33.7 Å². The predicted octanol–water partition coefficient (Wildman–Crippen LogP) is 22.9. The fourth-order valence-corrected chi connectivity index (χ4v) is 15.3. The van der Waals surface area contributed by atoms with Crippen molar-refractivity contribution in [3.05, 3.63) is 213 Å². The molecule has 0 N–H and O–H groups in total. The van der Waals surface area contributed by atoms with Crippen LogP contribution in [0.25, 0.3) is 33.4 Å². The summed E-state index contributed by atoms with van der Waals surface area (Å²) in [5, 5.41) is 0. The van der Waals surface area contributed by atoms with Crippen molar-refractivity contribution < 1.29 is 0 Å². The predicted molar refractivity (Wildman–Crippen MR) is 354 cm³/mol. The normalized spacial score (nSPS) is 19.0. The molecule has 0 aromatic heterocycles. The van der Waals surface area contributed by atoms with E-state index in [9.17, 15) is 0 Å². The maximum absolute atomic E-state index is 2.68. The summed E-state index contributed by atoms with van der Waals surface area (Å²) < 4.78 is 0. The molecule has 2 nitrogen and oxygen atoms in total. The van der Waals surface area contributed by atoms with Crippen LogP contribution in [0.5, 0.6) is 0 Å². The molecule has 4 aliphatic carbocycles. The van der Waals surface area contributed by atoms with Crippen LogP contribution in [0.3, 0.4) is 0 Å². The van der Waals surface area contributed by atoms with E-state index in [0.717, 1.165) is 29.9 Å². The molecule has 8 aromatic rings. The van der Waals surface area contributed by atoms with Crippen molar-refractivity contribution >= 4 is 34.1 Å². The molecule has 0 amide bonds. The van der Waals surface area contributed by atoms with E-state index in [-0.39, 0.29) is 43.3 Å². The van der Waals surface area contributed by atoms with Crippen LogP contribution < -0.4 is 9.80 Å². The lowest BCUT2D eigenvalue weighted by Gasteiger charge is -2.43. The van der Waals surface area contributed by atoms with Crippen LogP contribution in [0.2, 0.25) is 0 Å². The van der Waals surface area contributed by atoms with E-state index in [1.54, 1.807) is 0 Å². The standard InChI is InChI=1S/C80H92N2/c1-51-25-22-23-28-59(51)53-43-57(81(55-32-34-63-66(47-55)76(9,10)39-37-74(63,5)6)56-33-35-64-67(48-56)77(11,12)40-38-75(64,7)8)46-58(44-53)82(70-36-31-54(73(2,3)4)45-61(70)52-26-20-19-21-27-52)71-30-24-29-60-62-49-68-69(50-65(62)80(17,18)72(60)71)79(15,16)42-41-78(68,13)14/h19-36,43-50H,37-42H2,1-18H3. The zero-order valence-electron chi connectivity index (χ0n) is 53.1. The summed E-state index contributed by atoms with van der Waals surface area (Å²) in [5.74, 6) is 0. The Bertz CT molecular complexity index is 3760. The van der Waals surface area contributed by atoms with Crippen LogP contribution in [-0.2, 0) is 43.3 Å². The van der Waals surface area contributed by atoms with Crippen LogP contribution in [0.1, 0.15) is 212 Å². The second-order valence-corrected chi connectivity index (χ2v) is 31.1. The molecule has 0 atom stereocenters. The maximum Gasteiger partial charge on any atom is 0.0540 e. The Hall–Kier alpha value is -6.64. The number of anilines is 6. The third-order valence-corrected chi connectivity index (χ3v) is 21.1. The summed E-state index contributed by atoms with van der Waals surface area (Å²) in [5.41, 5.74) is 28.9. The van der Waals surface area contributed by atoms with Gasteiger partial charge < -0.3 is 9.80 Å². The smallest absolute Gasteiger partial charge is 0.0540 e. The second kappa shape index (κ2) is 18.9. The van der Waals surface area contributed by atoms with Gasteiger partial charge in [0.1, 0.15) is 0 Å². The van der Waals surface area contributed by atoms with Gasteiger partial charge in [-0.05, 0) is 234 Å². The van der Waals surface area contributed by atoms with Gasteiger partial charge in [-0.1, -0.05) is 209 Å². The first kappa shape index (κ1) is 55.9. The van der Waals surface area contributed by atoms with Crippen LogP contribution in [-0.4, -0.2) is 0 Å². The quantitative estimate of drug-likeness (QED) is 0.150. The van der Waals surface area contributed by atoms with Gasteiger partial charge in [0.05, 0.1) is 11.4 Å². The van der Waals surface area contributed by atoms with Crippen LogP contribution in [0, 0.1) is 6.92 Å². The fraction of sp³-hybridized carbons (Fsp3) is 0.400. The molecule has 0 aliphatic heterocycles. The van der Waals surface area contributed by atoms with Crippen molar-refractivity contribution in [3.63, 3.8) is 0 Å². The van der Waals surface area contributed by atoms with Crippen molar-refractivity contribution in [3.8, 4) is 33.4 Å². The number of hydrogen-bond donors (Lipinski definition) is 0. The summed E-state index contributed by atoms with van der Waals surface area (Å²) in [6.07, 6.45) is 7.02. The molecule has 82 heavy (non-hydrogen) atoms. The van der Waals surface area contributed by atoms with Crippen LogP contribution >= 0.6 is 0 Å². The minimum absolute atomic E-state index is 0.0231. The van der Waals surface area contributed by atoms with E-state index >= 15 is 0 Å². The van der Waals surface area contributed by atoms with Gasteiger partial charge in [0.15, 0.2) is 0 Å². The maximum atomic E-state index is 2.68. The molecule has 0 saturated heterocycles. The summed E-state index contributed by atoms with van der Waals surface area (Å²) in [7, 11) is 0. The van der Waals surface area contributed by atoms with Gasteiger partial charge in [-0.3, -0.25) is 0 Å². The molecule has 0 saturated carbocycles. The summed E-state index contributed by atoms with van der Waals surface area (Å²) in [6, 6.07) is 62.5. The minimum Gasteiger partial charge on any atom is -0.310 e. The minimum atomic E-state index is -0.319. The molecule has 0 unspecified atom stereocenters. The first-order valence-corrected chi connectivity index (χ1v) is 31.0. The Morgan fingerprint density at radius 1 is 0.317 bits per heavy atom. The molecule has 422 valence electrons. The lowest BCUT2D eigenvalue weighted by atomic mass is 9.62. The van der Waals surface area contributed by atoms with E-state index in [0.29, 0.717) is 0 Å². The molecule has 4 aliphatic rings. The molecule has 0 heterocycles. The van der Waals surface area contributed by atoms with Gasteiger partial charge in [0.25, 0.3) is 0 Å². The SMILES string of the molecule is Cc1ccccc1-c1cc(N(c2ccc3c(c2)C(C)(C)CCC3(C)C)c2ccc3c(c2)C(C)(C)CCC3(C)C)cc(N(c2ccc(C(C)(C)C)cc2-c2ccccc2)c2cccc3c2C(C)(C)c2cc4c(cc2-3)C(C)(C)CCC4(C)C)c1. The molecule has 8 aromatic carbocycles. The number of hydrogen-bond acceptors (Lipinski definition) is 2.